The van der Waals surface area contributed by atoms with E-state index >= 15 is 0 Å². The highest BCUT2D eigenvalue weighted by Crippen LogP contribution is 2.16. The average molecular weight is 208 g/mol. The molecule has 72 valence electrons. The fourth-order valence-electron chi connectivity index (χ4n) is 1.34. The second-order valence-corrected chi connectivity index (χ2v) is 3.83. The Bertz CT molecular complexity index is 568. The van der Waals surface area contributed by atoms with Gasteiger partial charge < -0.3 is 4.98 Å². The van der Waals surface area contributed by atoms with Gasteiger partial charge in [-0.1, -0.05) is 0 Å². The van der Waals surface area contributed by atoms with Crippen molar-refractivity contribution < 1.29 is 4.79 Å². The minimum atomic E-state index is -0.225. The summed E-state index contributed by atoms with van der Waals surface area (Å²) in [5.41, 5.74) is 0.646. The van der Waals surface area contributed by atoms with Gasteiger partial charge in [0.1, 0.15) is 4.83 Å². The lowest BCUT2D eigenvalue weighted by atomic mass is 10.1. The zero-order valence-corrected chi connectivity index (χ0v) is 8.57. The second-order valence-electron chi connectivity index (χ2n) is 3.06. The molecule has 0 fully saturated rings. The first kappa shape index (κ1) is 9.08. The van der Waals surface area contributed by atoms with Crippen molar-refractivity contribution in [3.8, 4) is 0 Å². The topological polar surface area (TPSA) is 62.8 Å². The summed E-state index contributed by atoms with van der Waals surface area (Å²) in [6, 6.07) is 0. The van der Waals surface area contributed by atoms with E-state index < -0.39 is 0 Å². The number of aryl methyl sites for hydroxylation is 1. The highest BCUT2D eigenvalue weighted by atomic mass is 32.1. The van der Waals surface area contributed by atoms with E-state index in [2.05, 4.69) is 9.36 Å². The van der Waals surface area contributed by atoms with Crippen molar-refractivity contribution in [2.75, 3.05) is 0 Å². The van der Waals surface area contributed by atoms with Gasteiger partial charge in [-0.25, -0.2) is 0 Å². The molecule has 0 saturated heterocycles. The maximum absolute atomic E-state index is 11.8. The average Bonchev–Trinajstić information content (AvgIpc) is 2.48. The van der Waals surface area contributed by atoms with Gasteiger partial charge in [0.2, 0.25) is 5.43 Å². The van der Waals surface area contributed by atoms with Crippen LogP contribution in [0.4, 0.5) is 0 Å². The maximum atomic E-state index is 11.8. The van der Waals surface area contributed by atoms with Crippen LogP contribution in [-0.2, 0) is 0 Å². The van der Waals surface area contributed by atoms with Crippen molar-refractivity contribution in [1.82, 2.24) is 9.36 Å². The number of nitrogens with zero attached hydrogens (tertiary/aromatic N) is 1. The summed E-state index contributed by atoms with van der Waals surface area (Å²) < 4.78 is 4.06. The van der Waals surface area contributed by atoms with Crippen LogP contribution in [-0.4, -0.2) is 15.1 Å². The number of hydrogen-bond donors (Lipinski definition) is 1. The summed E-state index contributed by atoms with van der Waals surface area (Å²) >= 11 is 1.23. The molecule has 1 N–H and O–H groups in total. The summed E-state index contributed by atoms with van der Waals surface area (Å²) in [7, 11) is 0. The van der Waals surface area contributed by atoms with E-state index in [1.54, 1.807) is 6.92 Å². The number of ketones is 1. The number of pyridine rings is 1. The lowest BCUT2D eigenvalue weighted by molar-refractivity contribution is 0.101. The quantitative estimate of drug-likeness (QED) is 0.722. The predicted octanol–water partition coefficient (Wildman–Crippen LogP) is 1.50. The summed E-state index contributed by atoms with van der Waals surface area (Å²) in [6.45, 7) is 3.14. The van der Waals surface area contributed by atoms with Gasteiger partial charge in [-0.2, -0.15) is 4.37 Å². The van der Waals surface area contributed by atoms with Crippen LogP contribution >= 0.6 is 11.5 Å². The zero-order valence-electron chi connectivity index (χ0n) is 7.75. The number of carbonyl (C=O) groups is 1. The second kappa shape index (κ2) is 3.02. The van der Waals surface area contributed by atoms with Crippen LogP contribution in [0.5, 0.6) is 0 Å². The van der Waals surface area contributed by atoms with Crippen LogP contribution in [0.25, 0.3) is 10.2 Å². The van der Waals surface area contributed by atoms with Gasteiger partial charge in [0.15, 0.2) is 5.78 Å². The molecular formula is C9H8N2O2S. The molecule has 0 saturated carbocycles. The van der Waals surface area contributed by atoms with Crippen molar-refractivity contribution >= 4 is 27.5 Å². The first-order valence-electron chi connectivity index (χ1n) is 4.10. The van der Waals surface area contributed by atoms with Crippen molar-refractivity contribution in [2.24, 2.45) is 0 Å². The molecule has 0 aliphatic carbocycles. The molecule has 14 heavy (non-hydrogen) atoms. The predicted molar refractivity (Wildman–Crippen MR) is 55.0 cm³/mol. The third kappa shape index (κ3) is 1.17. The van der Waals surface area contributed by atoms with E-state index in [-0.39, 0.29) is 16.8 Å². The number of nitrogens with one attached hydrogen (secondary N) is 1. The van der Waals surface area contributed by atoms with Crippen LogP contribution in [0.15, 0.2) is 11.0 Å². The molecule has 5 heteroatoms. The highest BCUT2D eigenvalue weighted by molar-refractivity contribution is 7.12. The maximum Gasteiger partial charge on any atom is 0.202 e. The monoisotopic (exact) mass is 208 g/mol. The molecule has 0 unspecified atom stereocenters. The Morgan fingerprint density at radius 2 is 2.29 bits per heavy atom. The van der Waals surface area contributed by atoms with Gasteiger partial charge in [-0.05, 0) is 25.4 Å². The smallest absolute Gasteiger partial charge is 0.202 e. The van der Waals surface area contributed by atoms with E-state index in [9.17, 15) is 9.59 Å². The summed E-state index contributed by atoms with van der Waals surface area (Å²) in [5, 5.41) is 0.530. The minimum absolute atomic E-state index is 0.195. The van der Waals surface area contributed by atoms with E-state index in [1.807, 2.05) is 0 Å². The lowest BCUT2D eigenvalue weighted by Gasteiger charge is -1.94. The number of aromatic nitrogens is 2. The molecule has 0 aliphatic heterocycles. The first-order valence-corrected chi connectivity index (χ1v) is 4.87. The summed E-state index contributed by atoms with van der Waals surface area (Å²) in [4.78, 5) is 26.5. The van der Waals surface area contributed by atoms with Crippen molar-refractivity contribution in [3.63, 3.8) is 0 Å². The van der Waals surface area contributed by atoms with Gasteiger partial charge in [0.25, 0.3) is 0 Å². The minimum Gasteiger partial charge on any atom is -0.351 e. The molecule has 0 aliphatic rings. The van der Waals surface area contributed by atoms with Crippen molar-refractivity contribution in [3.05, 3.63) is 27.7 Å². The Morgan fingerprint density at radius 1 is 1.57 bits per heavy atom. The fourth-order valence-corrected chi connectivity index (χ4v) is 2.10. The molecule has 0 bridgehead atoms. The molecular weight excluding hydrogens is 200 g/mol. The lowest BCUT2D eigenvalue weighted by Crippen LogP contribution is -2.13. The molecule has 4 nitrogen and oxygen atoms in total. The van der Waals surface area contributed by atoms with E-state index in [1.165, 1.54) is 24.7 Å². The van der Waals surface area contributed by atoms with E-state index in [0.717, 1.165) is 4.83 Å². The van der Waals surface area contributed by atoms with Gasteiger partial charge in [-0.15, -0.1) is 0 Å². The first-order chi connectivity index (χ1) is 6.61. The van der Waals surface area contributed by atoms with E-state index in [0.29, 0.717) is 11.1 Å². The SMILES string of the molecule is CC(=O)c1c[nH]c2snc(C)c2c1=O. The zero-order chi connectivity index (χ0) is 10.3. The van der Waals surface area contributed by atoms with Gasteiger partial charge in [-0.3, -0.25) is 9.59 Å². The molecule has 2 aromatic heterocycles. The molecule has 0 atom stereocenters. The fraction of sp³-hybridized carbons (Fsp3) is 0.222. The molecule has 2 rings (SSSR count). The molecule has 2 heterocycles. The highest BCUT2D eigenvalue weighted by Gasteiger charge is 2.12. The van der Waals surface area contributed by atoms with Gasteiger partial charge in [0.05, 0.1) is 16.6 Å². The third-order valence-electron chi connectivity index (χ3n) is 2.06. The van der Waals surface area contributed by atoms with Crippen LogP contribution in [0, 0.1) is 6.92 Å². The Morgan fingerprint density at radius 3 is 2.93 bits per heavy atom. The molecule has 0 amide bonds. The number of rotatable bonds is 1. The van der Waals surface area contributed by atoms with Crippen LogP contribution in [0.1, 0.15) is 23.0 Å². The van der Waals surface area contributed by atoms with Crippen molar-refractivity contribution in [2.45, 2.75) is 13.8 Å². The Labute approximate surface area is 83.8 Å². The summed E-state index contributed by atoms with van der Waals surface area (Å²) in [5.74, 6) is -0.223. The van der Waals surface area contributed by atoms with Gasteiger partial charge in [0, 0.05) is 6.20 Å². The number of H-pyrrole nitrogens is 1. The number of hydrogen-bond acceptors (Lipinski definition) is 4. The molecule has 0 radical (unpaired) electrons. The van der Waals surface area contributed by atoms with Gasteiger partial charge >= 0.3 is 0 Å². The van der Waals surface area contributed by atoms with Crippen LogP contribution in [0.2, 0.25) is 0 Å². The Kier molecular flexibility index (Phi) is 1.96. The van der Waals surface area contributed by atoms with Crippen molar-refractivity contribution in [1.29, 1.82) is 0 Å². The third-order valence-corrected chi connectivity index (χ3v) is 2.93. The number of carbonyl (C=O) groups excluding carboxylic acids is 1. The molecule has 0 spiro atoms. The Balaban J connectivity index is 2.93. The number of Topliss-reactive ketones (excluding diaryl/α,β-unsaturated/α-hetero) is 1. The summed E-state index contributed by atoms with van der Waals surface area (Å²) in [6.07, 6.45) is 1.45. The largest absolute Gasteiger partial charge is 0.351 e. The molecule has 2 aromatic rings. The molecule has 0 aromatic carbocycles. The van der Waals surface area contributed by atoms with Crippen LogP contribution in [0.3, 0.4) is 0 Å². The standard InChI is InChI=1S/C9H8N2O2S/c1-4-7-8(13)6(5(2)12)3-10-9(7)14-11-4/h3H,1-2H3,(H,10,13). The normalized spacial score (nSPS) is 10.7. The van der Waals surface area contributed by atoms with Crippen LogP contribution < -0.4 is 5.43 Å². The van der Waals surface area contributed by atoms with E-state index in [4.69, 9.17) is 0 Å². The number of aromatic amines is 1. The Hall–Kier alpha value is -1.49. The number of fused-ring (bicyclic) bond motifs is 1.